The van der Waals surface area contributed by atoms with Crippen molar-refractivity contribution in [2.24, 2.45) is 23.2 Å². The van der Waals surface area contributed by atoms with Crippen LogP contribution in [0.3, 0.4) is 0 Å². The Labute approximate surface area is 134 Å². The van der Waals surface area contributed by atoms with E-state index in [-0.39, 0.29) is 17.2 Å². The molecule has 0 saturated heterocycles. The second kappa shape index (κ2) is 5.37. The van der Waals surface area contributed by atoms with E-state index >= 15 is 0 Å². The summed E-state index contributed by atoms with van der Waals surface area (Å²) in [4.78, 5) is 24.1. The summed E-state index contributed by atoms with van der Waals surface area (Å²) in [5.41, 5.74) is 5.96. The van der Waals surface area contributed by atoms with Gasteiger partial charge < -0.3 is 0 Å². The number of hydrogen-bond donors (Lipinski definition) is 2. The molecule has 5 heteroatoms. The molecule has 0 aliphatic heterocycles. The summed E-state index contributed by atoms with van der Waals surface area (Å²) in [6, 6.07) is 1.76. The van der Waals surface area contributed by atoms with Crippen LogP contribution in [0.25, 0.3) is 0 Å². The zero-order valence-electron chi connectivity index (χ0n) is 12.6. The van der Waals surface area contributed by atoms with Crippen molar-refractivity contribution in [3.05, 3.63) is 22.4 Å². The molecule has 0 atom stereocenters. The molecule has 4 nitrogen and oxygen atoms in total. The van der Waals surface area contributed by atoms with Gasteiger partial charge in [0.05, 0.1) is 5.56 Å². The first-order chi connectivity index (χ1) is 10.6. The summed E-state index contributed by atoms with van der Waals surface area (Å²) in [7, 11) is 0. The highest BCUT2D eigenvalue weighted by atomic mass is 32.1. The number of amides is 2. The van der Waals surface area contributed by atoms with E-state index in [4.69, 9.17) is 0 Å². The topological polar surface area (TPSA) is 58.2 Å². The number of hydrogen-bond acceptors (Lipinski definition) is 3. The number of nitrogens with one attached hydrogen (secondary N) is 2. The Morgan fingerprint density at radius 2 is 1.73 bits per heavy atom. The molecule has 0 unspecified atom stereocenters. The van der Waals surface area contributed by atoms with Crippen molar-refractivity contribution in [2.75, 3.05) is 0 Å². The van der Waals surface area contributed by atoms with Gasteiger partial charge in [0.25, 0.3) is 5.91 Å². The van der Waals surface area contributed by atoms with Crippen LogP contribution in [-0.2, 0) is 4.79 Å². The Bertz CT molecular complexity index is 546. The number of carbonyl (C=O) groups is 2. The molecule has 5 rings (SSSR count). The monoisotopic (exact) mass is 318 g/mol. The maximum absolute atomic E-state index is 12.3. The van der Waals surface area contributed by atoms with Gasteiger partial charge in [-0.2, -0.15) is 11.3 Å². The molecule has 118 valence electrons. The quantitative estimate of drug-likeness (QED) is 0.841. The van der Waals surface area contributed by atoms with Gasteiger partial charge >= 0.3 is 0 Å². The molecular formula is C17H22N2O2S. The maximum atomic E-state index is 12.3. The van der Waals surface area contributed by atoms with Gasteiger partial charge in [-0.25, -0.2) is 0 Å². The van der Waals surface area contributed by atoms with Crippen molar-refractivity contribution in [3.8, 4) is 0 Å². The van der Waals surface area contributed by atoms with Crippen LogP contribution >= 0.6 is 11.3 Å². The number of carbonyl (C=O) groups excluding carboxylic acids is 2. The van der Waals surface area contributed by atoms with Gasteiger partial charge in [0.15, 0.2) is 0 Å². The summed E-state index contributed by atoms with van der Waals surface area (Å²) < 4.78 is 0. The first kappa shape index (κ1) is 14.2. The Hall–Kier alpha value is -1.36. The summed E-state index contributed by atoms with van der Waals surface area (Å²) in [5.74, 6) is 2.27. The van der Waals surface area contributed by atoms with Gasteiger partial charge in [0.2, 0.25) is 5.91 Å². The molecule has 4 aliphatic rings. The number of rotatable bonds is 3. The van der Waals surface area contributed by atoms with E-state index in [0.29, 0.717) is 12.0 Å². The predicted octanol–water partition coefficient (Wildman–Crippen LogP) is 3.12. The summed E-state index contributed by atoms with van der Waals surface area (Å²) in [5, 5.41) is 3.63. The van der Waals surface area contributed by atoms with E-state index < -0.39 is 0 Å². The number of thiophene rings is 1. The Morgan fingerprint density at radius 3 is 2.27 bits per heavy atom. The highest BCUT2D eigenvalue weighted by Crippen LogP contribution is 2.61. The van der Waals surface area contributed by atoms with E-state index in [1.165, 1.54) is 49.9 Å². The first-order valence-electron chi connectivity index (χ1n) is 8.23. The largest absolute Gasteiger partial charge is 0.273 e. The van der Waals surface area contributed by atoms with Gasteiger partial charge in [0.1, 0.15) is 0 Å². The van der Waals surface area contributed by atoms with Crippen LogP contribution in [-0.4, -0.2) is 11.8 Å². The molecule has 1 aromatic heterocycles. The molecule has 2 amide bonds. The third-order valence-corrected chi connectivity index (χ3v) is 6.48. The van der Waals surface area contributed by atoms with Crippen LogP contribution in [0.5, 0.6) is 0 Å². The Morgan fingerprint density at radius 1 is 1.09 bits per heavy atom. The minimum Gasteiger partial charge on any atom is -0.273 e. The van der Waals surface area contributed by atoms with Gasteiger partial charge in [-0.3, -0.25) is 20.4 Å². The molecule has 22 heavy (non-hydrogen) atoms. The Kier molecular flexibility index (Phi) is 3.48. The van der Waals surface area contributed by atoms with Crippen molar-refractivity contribution >= 4 is 23.2 Å². The SMILES string of the molecule is O=C(CC12CC3CC(CC(C3)C1)C2)NNC(=O)c1ccsc1. The maximum Gasteiger partial charge on any atom is 0.270 e. The smallest absolute Gasteiger partial charge is 0.270 e. The fourth-order valence-electron chi connectivity index (χ4n) is 5.48. The molecule has 4 bridgehead atoms. The van der Waals surface area contributed by atoms with E-state index in [0.717, 1.165) is 17.8 Å². The Balaban J connectivity index is 1.33. The summed E-state index contributed by atoms with van der Waals surface area (Å²) in [6.45, 7) is 0. The van der Waals surface area contributed by atoms with Crippen LogP contribution < -0.4 is 10.9 Å². The van der Waals surface area contributed by atoms with Crippen LogP contribution in [0, 0.1) is 23.2 Å². The molecule has 0 aromatic carbocycles. The van der Waals surface area contributed by atoms with Gasteiger partial charge in [-0.15, -0.1) is 0 Å². The average molecular weight is 318 g/mol. The highest BCUT2D eigenvalue weighted by molar-refractivity contribution is 7.08. The molecule has 0 radical (unpaired) electrons. The molecule has 2 N–H and O–H groups in total. The lowest BCUT2D eigenvalue weighted by Crippen LogP contribution is -2.50. The van der Waals surface area contributed by atoms with E-state index in [1.807, 2.05) is 5.38 Å². The number of hydrazine groups is 1. The van der Waals surface area contributed by atoms with Crippen LogP contribution in [0.1, 0.15) is 55.3 Å². The standard InChI is InChI=1S/C17H22N2O2S/c20-15(18-19-16(21)14-1-2-22-10-14)9-17-6-11-3-12(7-17)5-13(4-11)8-17/h1-2,10-13H,3-9H2,(H,18,20)(H,19,21). The molecule has 0 spiro atoms. The minimum atomic E-state index is -0.236. The van der Waals surface area contributed by atoms with Crippen LogP contribution in [0.4, 0.5) is 0 Å². The fourth-order valence-corrected chi connectivity index (χ4v) is 6.12. The van der Waals surface area contributed by atoms with Gasteiger partial charge in [0, 0.05) is 11.8 Å². The third-order valence-electron chi connectivity index (χ3n) is 5.80. The second-order valence-corrected chi connectivity index (χ2v) is 8.39. The normalized spacial score (nSPS) is 35.4. The average Bonchev–Trinajstić information content (AvgIpc) is 2.97. The highest BCUT2D eigenvalue weighted by Gasteiger charge is 2.51. The van der Waals surface area contributed by atoms with Crippen LogP contribution in [0.2, 0.25) is 0 Å². The van der Waals surface area contributed by atoms with Crippen LogP contribution in [0.15, 0.2) is 16.8 Å². The van der Waals surface area contributed by atoms with Gasteiger partial charge in [-0.05, 0) is 73.1 Å². The lowest BCUT2D eigenvalue weighted by atomic mass is 9.49. The van der Waals surface area contributed by atoms with Crippen molar-refractivity contribution in [2.45, 2.75) is 44.9 Å². The molecule has 1 aromatic rings. The summed E-state index contributed by atoms with van der Waals surface area (Å²) in [6.07, 6.45) is 8.36. The molecule has 4 fully saturated rings. The molecule has 4 saturated carbocycles. The predicted molar refractivity (Wildman–Crippen MR) is 85.1 cm³/mol. The molecule has 4 aliphatic carbocycles. The fraction of sp³-hybridized carbons (Fsp3) is 0.647. The lowest BCUT2D eigenvalue weighted by Gasteiger charge is -2.56. The molecule has 1 heterocycles. The van der Waals surface area contributed by atoms with Crippen molar-refractivity contribution in [3.63, 3.8) is 0 Å². The lowest BCUT2D eigenvalue weighted by molar-refractivity contribution is -0.130. The van der Waals surface area contributed by atoms with E-state index in [2.05, 4.69) is 10.9 Å². The van der Waals surface area contributed by atoms with E-state index in [9.17, 15) is 9.59 Å². The zero-order chi connectivity index (χ0) is 15.2. The van der Waals surface area contributed by atoms with E-state index in [1.54, 1.807) is 11.4 Å². The van der Waals surface area contributed by atoms with Crippen molar-refractivity contribution < 1.29 is 9.59 Å². The van der Waals surface area contributed by atoms with Gasteiger partial charge in [-0.1, -0.05) is 0 Å². The second-order valence-electron chi connectivity index (χ2n) is 7.61. The summed E-state index contributed by atoms with van der Waals surface area (Å²) >= 11 is 1.47. The zero-order valence-corrected chi connectivity index (χ0v) is 13.5. The van der Waals surface area contributed by atoms with Crippen molar-refractivity contribution in [1.29, 1.82) is 0 Å². The first-order valence-corrected chi connectivity index (χ1v) is 9.18. The minimum absolute atomic E-state index is 0.0365. The third kappa shape index (κ3) is 2.67. The van der Waals surface area contributed by atoms with Crippen molar-refractivity contribution in [1.82, 2.24) is 10.9 Å². The molecular weight excluding hydrogens is 296 g/mol.